The van der Waals surface area contributed by atoms with Crippen molar-refractivity contribution in [2.45, 2.75) is 18.9 Å². The number of amides is 1. The van der Waals surface area contributed by atoms with Crippen LogP contribution in [0.25, 0.3) is 0 Å². The quantitative estimate of drug-likeness (QED) is 0.475. The average Bonchev–Trinajstić information content (AvgIpc) is 2.68. The monoisotopic (exact) mass is 443 g/mol. The van der Waals surface area contributed by atoms with Crippen molar-refractivity contribution in [3.8, 4) is 11.5 Å². The van der Waals surface area contributed by atoms with Crippen LogP contribution in [0.15, 0.2) is 10.5 Å². The van der Waals surface area contributed by atoms with E-state index in [0.29, 0.717) is 59.9 Å². The van der Waals surface area contributed by atoms with E-state index in [1.165, 1.54) is 0 Å². The minimum Gasteiger partial charge on any atom is -0.485 e. The third-order valence-corrected chi connectivity index (χ3v) is 5.80. The Kier molecular flexibility index (Phi) is 6.80. The van der Waals surface area contributed by atoms with Gasteiger partial charge in [-0.25, -0.2) is 0 Å². The first-order valence-electron chi connectivity index (χ1n) is 9.18. The third kappa shape index (κ3) is 4.66. The number of nitrogens with one attached hydrogen (secondary N) is 1. The molecule has 1 saturated heterocycles. The smallest absolute Gasteiger partial charge is 0.255 e. The molecule has 2 heterocycles. The number of carbonyl (C=O) groups is 1. The highest BCUT2D eigenvalue weighted by Gasteiger charge is 2.29. The molecule has 9 heteroatoms. The lowest BCUT2D eigenvalue weighted by atomic mass is 9.93. The molecular weight excluding hydrogens is 418 g/mol. The van der Waals surface area contributed by atoms with Crippen molar-refractivity contribution in [3.63, 3.8) is 0 Å². The van der Waals surface area contributed by atoms with Crippen molar-refractivity contribution < 1.29 is 24.5 Å². The van der Waals surface area contributed by atoms with Gasteiger partial charge in [-0.3, -0.25) is 4.79 Å². The van der Waals surface area contributed by atoms with Gasteiger partial charge in [0.1, 0.15) is 13.2 Å². The number of carbonyl (C=O) groups excluding carboxylic acids is 1. The van der Waals surface area contributed by atoms with Crippen LogP contribution in [0, 0.1) is 5.92 Å². The minimum atomic E-state index is -0.513. The molecule has 0 bridgehead atoms. The van der Waals surface area contributed by atoms with E-state index in [2.05, 4.69) is 26.1 Å². The fraction of sp³-hybridized carbons (Fsp3) is 0.611. The first kappa shape index (κ1) is 20.2. The van der Waals surface area contributed by atoms with Crippen LogP contribution in [0.5, 0.6) is 11.5 Å². The van der Waals surface area contributed by atoms with E-state index < -0.39 is 6.10 Å². The minimum absolute atomic E-state index is 0.0138. The zero-order valence-electron chi connectivity index (χ0n) is 15.1. The lowest BCUT2D eigenvalue weighted by Gasteiger charge is -2.36. The molecule has 0 aliphatic carbocycles. The Balaban J connectivity index is 1.61. The molecular formula is C18H26BrN3O5. The van der Waals surface area contributed by atoms with Crippen molar-refractivity contribution >= 4 is 27.5 Å². The Morgan fingerprint density at radius 1 is 1.37 bits per heavy atom. The molecule has 1 amide bonds. The summed E-state index contributed by atoms with van der Waals surface area (Å²) in [5.74, 6) is 0.522. The van der Waals surface area contributed by atoms with Gasteiger partial charge in [-0.15, -0.1) is 0 Å². The van der Waals surface area contributed by atoms with Gasteiger partial charge in [0.2, 0.25) is 0 Å². The zero-order chi connectivity index (χ0) is 19.4. The maximum absolute atomic E-state index is 12.7. The molecule has 1 aromatic carbocycles. The number of halogens is 1. The number of rotatable bonds is 6. The number of nitrogen functional groups attached to an aromatic ring is 1. The van der Waals surface area contributed by atoms with Gasteiger partial charge in [-0.1, -0.05) is 0 Å². The summed E-state index contributed by atoms with van der Waals surface area (Å²) in [6.45, 7) is 3.46. The molecule has 150 valence electrons. The van der Waals surface area contributed by atoms with Gasteiger partial charge in [-0.2, -0.15) is 0 Å². The summed E-state index contributed by atoms with van der Waals surface area (Å²) in [7, 11) is 0. The lowest BCUT2D eigenvalue weighted by molar-refractivity contribution is 0.0201. The van der Waals surface area contributed by atoms with Crippen LogP contribution in [0.4, 0.5) is 5.69 Å². The van der Waals surface area contributed by atoms with Gasteiger partial charge in [0.25, 0.3) is 5.91 Å². The number of β-amino-alcohol motifs (C(OH)–C–C–N with tert-alkyl or cyclic N) is 1. The summed E-state index contributed by atoms with van der Waals surface area (Å²) < 4.78 is 11.8. The highest BCUT2D eigenvalue weighted by atomic mass is 79.9. The van der Waals surface area contributed by atoms with Crippen molar-refractivity contribution in [2.24, 2.45) is 5.92 Å². The average molecular weight is 444 g/mol. The van der Waals surface area contributed by atoms with Crippen LogP contribution in [-0.4, -0.2) is 73.1 Å². The molecule has 0 saturated carbocycles. The Morgan fingerprint density at radius 2 is 2.11 bits per heavy atom. The van der Waals surface area contributed by atoms with E-state index in [-0.39, 0.29) is 18.4 Å². The van der Waals surface area contributed by atoms with Crippen molar-refractivity contribution in [2.75, 3.05) is 51.7 Å². The molecule has 1 aromatic rings. The summed E-state index contributed by atoms with van der Waals surface area (Å²) in [6.07, 6.45) is 0.973. The fourth-order valence-corrected chi connectivity index (χ4v) is 3.88. The first-order valence-corrected chi connectivity index (χ1v) is 9.97. The number of fused-ring (bicyclic) bond motifs is 1. The van der Waals surface area contributed by atoms with Crippen molar-refractivity contribution in [1.82, 2.24) is 10.2 Å². The number of likely N-dealkylation sites (tertiary alicyclic amines) is 1. The van der Waals surface area contributed by atoms with Crippen molar-refractivity contribution in [3.05, 3.63) is 16.1 Å². The highest BCUT2D eigenvalue weighted by Crippen LogP contribution is 2.43. The molecule has 2 atom stereocenters. The maximum Gasteiger partial charge on any atom is 0.255 e. The van der Waals surface area contributed by atoms with E-state index in [0.717, 1.165) is 19.5 Å². The maximum atomic E-state index is 12.7. The number of aliphatic hydroxyl groups excluding tert-OH is 2. The number of ether oxygens (including phenoxy) is 2. The second kappa shape index (κ2) is 9.09. The van der Waals surface area contributed by atoms with Gasteiger partial charge < -0.3 is 35.6 Å². The number of nitrogens with zero attached hydrogens (tertiary/aromatic N) is 1. The van der Waals surface area contributed by atoms with E-state index in [4.69, 9.17) is 20.3 Å². The Labute approximate surface area is 166 Å². The fourth-order valence-electron chi connectivity index (χ4n) is 3.47. The zero-order valence-corrected chi connectivity index (χ0v) is 16.7. The Morgan fingerprint density at radius 3 is 2.81 bits per heavy atom. The number of aliphatic hydroxyl groups is 2. The molecule has 2 aliphatic rings. The van der Waals surface area contributed by atoms with Crippen LogP contribution in [0.3, 0.4) is 0 Å². The van der Waals surface area contributed by atoms with Crippen LogP contribution in [0.2, 0.25) is 0 Å². The van der Waals surface area contributed by atoms with E-state index >= 15 is 0 Å². The molecule has 3 rings (SSSR count). The largest absolute Gasteiger partial charge is 0.485 e. The Bertz CT molecular complexity index is 687. The molecule has 1 fully saturated rings. The van der Waals surface area contributed by atoms with Crippen LogP contribution >= 0.6 is 15.9 Å². The standard InChI is InChI=1S/C18H26BrN3O5/c19-15-13(20)8-12(16-17(15)27-7-6-26-16)18(25)21-9-11-2-4-22(3-1-5-23)10-14(11)24/h8,11,14,23-24H,1-7,9-10,20H2,(H,21,25)/t11-,14+/m0/s1. The molecule has 8 nitrogen and oxygen atoms in total. The predicted molar refractivity (Wildman–Crippen MR) is 104 cm³/mol. The normalized spacial score (nSPS) is 22.5. The molecule has 0 unspecified atom stereocenters. The molecule has 27 heavy (non-hydrogen) atoms. The van der Waals surface area contributed by atoms with Gasteiger partial charge in [0.05, 0.1) is 21.8 Å². The van der Waals surface area contributed by atoms with Crippen molar-refractivity contribution in [1.29, 1.82) is 0 Å². The van der Waals surface area contributed by atoms with E-state index in [1.807, 2.05) is 0 Å². The third-order valence-electron chi connectivity index (χ3n) is 4.99. The summed E-state index contributed by atoms with van der Waals surface area (Å²) in [6, 6.07) is 1.57. The summed E-state index contributed by atoms with van der Waals surface area (Å²) >= 11 is 3.37. The molecule has 0 spiro atoms. The van der Waals surface area contributed by atoms with Gasteiger partial charge in [-0.05, 0) is 41.4 Å². The second-order valence-corrected chi connectivity index (χ2v) is 7.68. The number of nitrogens with two attached hydrogens (primary N) is 1. The van der Waals surface area contributed by atoms with Crippen LogP contribution in [-0.2, 0) is 0 Å². The molecule has 0 aromatic heterocycles. The summed E-state index contributed by atoms with van der Waals surface area (Å²) in [5.41, 5.74) is 6.71. The number of benzene rings is 1. The van der Waals surface area contributed by atoms with Gasteiger partial charge in [0.15, 0.2) is 11.5 Å². The number of hydrogen-bond donors (Lipinski definition) is 4. The summed E-state index contributed by atoms with van der Waals surface area (Å²) in [4.78, 5) is 14.8. The highest BCUT2D eigenvalue weighted by molar-refractivity contribution is 9.10. The number of hydrogen-bond acceptors (Lipinski definition) is 7. The van der Waals surface area contributed by atoms with Gasteiger partial charge >= 0.3 is 0 Å². The van der Waals surface area contributed by atoms with E-state index in [1.54, 1.807) is 6.07 Å². The first-order chi connectivity index (χ1) is 13.0. The summed E-state index contributed by atoms with van der Waals surface area (Å²) in [5, 5.41) is 22.2. The number of piperidine rings is 1. The SMILES string of the molecule is Nc1cc(C(=O)NC[C@@H]2CCN(CCCO)C[C@H]2O)c2c(c1Br)OCCO2. The van der Waals surface area contributed by atoms with E-state index in [9.17, 15) is 9.90 Å². The van der Waals surface area contributed by atoms with Crippen LogP contribution in [0.1, 0.15) is 23.2 Å². The predicted octanol–water partition coefficient (Wildman–Crippen LogP) is 0.598. The number of anilines is 1. The molecule has 2 aliphatic heterocycles. The van der Waals surface area contributed by atoms with Gasteiger partial charge in [0, 0.05) is 32.2 Å². The lowest BCUT2D eigenvalue weighted by Crippen LogP contribution is -2.48. The Hall–Kier alpha value is -1.55. The second-order valence-electron chi connectivity index (χ2n) is 6.89. The molecule has 0 radical (unpaired) electrons. The van der Waals surface area contributed by atoms with Crippen LogP contribution < -0.4 is 20.5 Å². The molecule has 5 N–H and O–H groups in total. The topological polar surface area (TPSA) is 117 Å².